The molecule has 12 heteroatoms. The second-order valence-electron chi connectivity index (χ2n) is 12.3. The molecule has 0 unspecified atom stereocenters. The van der Waals surface area contributed by atoms with E-state index in [-0.39, 0.29) is 7.92 Å². The lowest BCUT2D eigenvalue weighted by molar-refractivity contribution is 0.240. The van der Waals surface area contributed by atoms with Crippen LogP contribution in [0, 0.1) is 19.8 Å². The van der Waals surface area contributed by atoms with Crippen LogP contribution in [0.25, 0.3) is 11.1 Å². The van der Waals surface area contributed by atoms with Crippen LogP contribution < -0.4 is 25.6 Å². The number of hydrogen-bond donors (Lipinski definition) is 2. The predicted octanol–water partition coefficient (Wildman–Crippen LogP) is 6.33. The van der Waals surface area contributed by atoms with Gasteiger partial charge in [-0.25, -0.2) is 4.98 Å². The van der Waals surface area contributed by atoms with Crippen molar-refractivity contribution in [2.75, 3.05) is 75.2 Å². The lowest BCUT2D eigenvalue weighted by Crippen LogP contribution is -2.48. The highest BCUT2D eigenvalue weighted by Gasteiger charge is 2.25. The molecule has 0 radical (unpaired) electrons. The van der Waals surface area contributed by atoms with Crippen LogP contribution in [0.15, 0.2) is 52.3 Å². The van der Waals surface area contributed by atoms with Crippen LogP contribution in [-0.4, -0.2) is 90.6 Å². The summed E-state index contributed by atoms with van der Waals surface area (Å²) in [5.74, 6) is 2.48. The molecule has 0 amide bonds. The van der Waals surface area contributed by atoms with Crippen molar-refractivity contribution in [2.45, 2.75) is 20.3 Å². The van der Waals surface area contributed by atoms with Gasteiger partial charge in [0.15, 0.2) is 0 Å². The number of benzene rings is 2. The number of aryl methyl sites for hydroxylation is 2. The zero-order valence-corrected chi connectivity index (χ0v) is 30.0. The van der Waals surface area contributed by atoms with E-state index in [1.807, 2.05) is 17.9 Å². The van der Waals surface area contributed by atoms with Crippen LogP contribution in [-0.2, 0) is 7.05 Å². The highest BCUT2D eigenvalue weighted by Crippen LogP contribution is 2.41. The van der Waals surface area contributed by atoms with Gasteiger partial charge in [-0.1, -0.05) is 14.0 Å². The Morgan fingerprint density at radius 2 is 1.85 bits per heavy atom. The van der Waals surface area contributed by atoms with Crippen LogP contribution in [0.3, 0.4) is 0 Å². The Labute approximate surface area is 281 Å². The summed E-state index contributed by atoms with van der Waals surface area (Å²) < 4.78 is 8.59. The number of anilines is 5. The maximum Gasteiger partial charge on any atom is 0.229 e. The first-order valence-electron chi connectivity index (χ1n) is 15.7. The van der Waals surface area contributed by atoms with Gasteiger partial charge >= 0.3 is 0 Å². The van der Waals surface area contributed by atoms with Crippen molar-refractivity contribution in [1.29, 1.82) is 0 Å². The highest BCUT2D eigenvalue weighted by molar-refractivity contribution is 9.10. The van der Waals surface area contributed by atoms with Gasteiger partial charge in [-0.3, -0.25) is 14.6 Å². The summed E-state index contributed by atoms with van der Waals surface area (Å²) in [4.78, 5) is 19.0. The summed E-state index contributed by atoms with van der Waals surface area (Å²) in [6.45, 7) is 14.9. The molecule has 4 aromatic rings. The van der Waals surface area contributed by atoms with Crippen molar-refractivity contribution in [3.63, 3.8) is 0 Å². The molecular weight excluding hydrogens is 661 g/mol. The van der Waals surface area contributed by atoms with E-state index in [1.165, 1.54) is 22.9 Å². The quantitative estimate of drug-likeness (QED) is 0.185. The molecule has 1 fully saturated rings. The van der Waals surface area contributed by atoms with Crippen LogP contribution in [0.5, 0.6) is 5.75 Å². The Morgan fingerprint density at radius 1 is 1.04 bits per heavy atom. The van der Waals surface area contributed by atoms with Crippen LogP contribution in [0.4, 0.5) is 28.8 Å². The lowest BCUT2D eigenvalue weighted by atomic mass is 10.0. The van der Waals surface area contributed by atoms with Crippen molar-refractivity contribution in [3.8, 4) is 16.9 Å². The van der Waals surface area contributed by atoms with E-state index in [1.54, 1.807) is 13.3 Å². The number of aromatic nitrogens is 4. The molecule has 1 atom stereocenters. The molecule has 0 bridgehead atoms. The summed E-state index contributed by atoms with van der Waals surface area (Å²) in [6, 6.07) is 8.57. The van der Waals surface area contributed by atoms with Gasteiger partial charge in [0.2, 0.25) is 5.95 Å². The van der Waals surface area contributed by atoms with Crippen molar-refractivity contribution in [2.24, 2.45) is 18.0 Å². The number of rotatable bonds is 10. The molecule has 0 spiro atoms. The standard InChI is InChI=1S/C34H43BrN9OP/c1-22-7-8-28(32(23(22)2)46(5)6)39-33-27(35)19-37-34(41-33)40-29-15-26(25-18-38-42(3)21-25)30(16-31(29)45-4)44-13-11-43(12-14-44)20-24-9-10-36-17-24/h7-8,15-19,21,24H,9-14,20H2,1-6H3,(H2,37,39,40,41)/t24-/m1/s1. The smallest absolute Gasteiger partial charge is 0.229 e. The lowest BCUT2D eigenvalue weighted by Gasteiger charge is -2.38. The third-order valence-electron chi connectivity index (χ3n) is 8.88. The van der Waals surface area contributed by atoms with Crippen LogP contribution >= 0.6 is 23.9 Å². The van der Waals surface area contributed by atoms with Crippen molar-refractivity contribution < 1.29 is 4.74 Å². The molecule has 46 heavy (non-hydrogen) atoms. The molecule has 2 aliphatic rings. The Kier molecular flexibility index (Phi) is 9.92. The van der Waals surface area contributed by atoms with E-state index in [4.69, 9.17) is 9.72 Å². The number of methoxy groups -OCH3 is 1. The molecule has 10 nitrogen and oxygen atoms in total. The summed E-state index contributed by atoms with van der Waals surface area (Å²) in [6.07, 6.45) is 9.06. The van der Waals surface area contributed by atoms with Gasteiger partial charge in [0.1, 0.15) is 11.6 Å². The average Bonchev–Trinajstić information content (AvgIpc) is 3.72. The van der Waals surface area contributed by atoms with Gasteiger partial charge in [-0.05, 0) is 72.8 Å². The summed E-state index contributed by atoms with van der Waals surface area (Å²) >= 11 is 3.66. The zero-order chi connectivity index (χ0) is 32.4. The third kappa shape index (κ3) is 7.06. The number of hydrogen-bond acceptors (Lipinski definition) is 9. The molecule has 2 aromatic carbocycles. The molecule has 2 aliphatic heterocycles. The Balaban J connectivity index is 1.29. The van der Waals surface area contributed by atoms with Crippen molar-refractivity contribution in [1.82, 2.24) is 24.6 Å². The number of halogens is 1. The largest absolute Gasteiger partial charge is 0.494 e. The van der Waals surface area contributed by atoms with Crippen LogP contribution in [0.1, 0.15) is 17.5 Å². The highest BCUT2D eigenvalue weighted by atomic mass is 79.9. The van der Waals surface area contributed by atoms with Gasteiger partial charge in [0.05, 0.1) is 23.5 Å². The number of ether oxygens (including phenoxy) is 1. The van der Waals surface area contributed by atoms with Gasteiger partial charge < -0.3 is 20.3 Å². The molecule has 4 heterocycles. The second kappa shape index (κ2) is 14.1. The topological polar surface area (TPSA) is 95.7 Å². The van der Waals surface area contributed by atoms with Crippen molar-refractivity contribution in [3.05, 3.63) is 58.5 Å². The summed E-state index contributed by atoms with van der Waals surface area (Å²) in [7, 11) is 3.33. The zero-order valence-electron chi connectivity index (χ0n) is 27.5. The van der Waals surface area contributed by atoms with Gasteiger partial charge in [0.25, 0.3) is 0 Å². The van der Waals surface area contributed by atoms with E-state index < -0.39 is 0 Å². The minimum atomic E-state index is -0.324. The first kappa shape index (κ1) is 32.4. The molecule has 6 rings (SSSR count). The first-order chi connectivity index (χ1) is 22.2. The minimum Gasteiger partial charge on any atom is -0.494 e. The fraction of sp³-hybridized carbons (Fsp3) is 0.412. The second-order valence-corrected chi connectivity index (χ2v) is 15.4. The Bertz CT molecular complexity index is 1730. The van der Waals surface area contributed by atoms with Gasteiger partial charge in [0, 0.05) is 105 Å². The molecule has 0 saturated carbocycles. The average molecular weight is 705 g/mol. The number of aliphatic imine (C=N–C) groups is 1. The summed E-state index contributed by atoms with van der Waals surface area (Å²) in [5, 5.41) is 12.9. The van der Waals surface area contributed by atoms with E-state index >= 15 is 0 Å². The molecular formula is C34H43BrN9OP. The maximum atomic E-state index is 5.96. The third-order valence-corrected chi connectivity index (χ3v) is 10.9. The predicted molar refractivity (Wildman–Crippen MR) is 196 cm³/mol. The fourth-order valence-electron chi connectivity index (χ4n) is 6.31. The van der Waals surface area contributed by atoms with E-state index in [0.717, 1.165) is 77.7 Å². The van der Waals surface area contributed by atoms with Gasteiger partial charge in [-0.15, -0.1) is 0 Å². The van der Waals surface area contributed by atoms with E-state index in [9.17, 15) is 0 Å². The van der Waals surface area contributed by atoms with Crippen LogP contribution in [0.2, 0.25) is 0 Å². The number of nitrogens with zero attached hydrogens (tertiary/aromatic N) is 7. The Morgan fingerprint density at radius 3 is 2.52 bits per heavy atom. The van der Waals surface area contributed by atoms with Gasteiger partial charge in [-0.2, -0.15) is 10.1 Å². The van der Waals surface area contributed by atoms with Crippen molar-refractivity contribution >= 4 is 64.2 Å². The molecule has 1 saturated heterocycles. The van der Waals surface area contributed by atoms with E-state index in [2.05, 4.69) is 115 Å². The number of nitrogens with one attached hydrogen (secondary N) is 2. The maximum absolute atomic E-state index is 5.96. The molecule has 2 N–H and O–H groups in total. The SMILES string of the molecule is COc1cc(N2CCN(C[C@H]3C=NCC3)CC2)c(-c2cnn(C)c2)cc1Nc1ncc(Br)c(Nc2ccc(C)c(C)c2P(C)C)n1. The first-order valence-corrected chi connectivity index (χ1v) is 18.8. The molecule has 2 aromatic heterocycles. The Hall–Kier alpha value is -3.53. The number of piperazine rings is 1. The normalized spacial score (nSPS) is 16.8. The fourth-order valence-corrected chi connectivity index (χ4v) is 8.06. The molecule has 0 aliphatic carbocycles. The van der Waals surface area contributed by atoms with E-state index in [0.29, 0.717) is 17.7 Å². The summed E-state index contributed by atoms with van der Waals surface area (Å²) in [5.41, 5.74) is 7.74. The molecule has 242 valence electrons. The minimum absolute atomic E-state index is 0.324. The monoisotopic (exact) mass is 703 g/mol.